The summed E-state index contributed by atoms with van der Waals surface area (Å²) in [5.41, 5.74) is 0.354. The first kappa shape index (κ1) is 29.9. The molecule has 1 amide bonds. The van der Waals surface area contributed by atoms with Crippen molar-refractivity contribution in [1.29, 1.82) is 0 Å². The van der Waals surface area contributed by atoms with Crippen LogP contribution < -0.4 is 34.9 Å². The minimum absolute atomic E-state index is 0. The van der Waals surface area contributed by atoms with Crippen LogP contribution in [0.3, 0.4) is 0 Å². The van der Waals surface area contributed by atoms with Crippen molar-refractivity contribution in [2.24, 2.45) is 46.3 Å². The number of amides is 1. The number of hydrogen-bond donors (Lipinski definition) is 3. The first-order valence-electron chi connectivity index (χ1n) is 13.4. The zero-order chi connectivity index (χ0) is 24.9. The first-order chi connectivity index (χ1) is 15.8. The van der Waals surface area contributed by atoms with E-state index in [2.05, 4.69) is 26.1 Å². The molecule has 4 saturated carbocycles. The molecule has 7 nitrogen and oxygen atoms in total. The minimum Gasteiger partial charge on any atom is -0.748 e. The van der Waals surface area contributed by atoms with Gasteiger partial charge in [0.15, 0.2) is 0 Å². The number of nitrogens with one attached hydrogen (secondary N) is 1. The van der Waals surface area contributed by atoms with Gasteiger partial charge in [0, 0.05) is 13.0 Å². The van der Waals surface area contributed by atoms with Gasteiger partial charge in [-0.05, 0) is 104 Å². The van der Waals surface area contributed by atoms with Crippen molar-refractivity contribution < 1.29 is 57.5 Å². The summed E-state index contributed by atoms with van der Waals surface area (Å²) in [4.78, 5) is 12.2. The Kier molecular flexibility index (Phi) is 9.54. The summed E-state index contributed by atoms with van der Waals surface area (Å²) in [5, 5.41) is 24.0. The molecule has 0 aromatic carbocycles. The van der Waals surface area contributed by atoms with E-state index >= 15 is 0 Å². The van der Waals surface area contributed by atoms with Gasteiger partial charge in [-0.2, -0.15) is 0 Å². The summed E-state index contributed by atoms with van der Waals surface area (Å²) in [7, 11) is -4.31. The van der Waals surface area contributed by atoms with Gasteiger partial charge in [0.25, 0.3) is 0 Å². The van der Waals surface area contributed by atoms with Crippen molar-refractivity contribution in [3.8, 4) is 0 Å². The van der Waals surface area contributed by atoms with Crippen LogP contribution in [0.4, 0.5) is 0 Å². The SMILES string of the molecule is C[C@H](CCC(=O)NCCS(=O)(=O)[O-])[C@H]1CC[C@H]2[C@@H]3C[C@H](O)[C@@H]4C[C@H](O)CC[C@]4(C)[C@H]3CC[C@@]12C.[Na+]. The summed E-state index contributed by atoms with van der Waals surface area (Å²) in [6.45, 7) is 6.96. The molecule has 9 heteroatoms. The summed E-state index contributed by atoms with van der Waals surface area (Å²) < 4.78 is 32.2. The number of carbonyl (C=O) groups is 1. The van der Waals surface area contributed by atoms with E-state index in [1.807, 2.05) is 0 Å². The predicted molar refractivity (Wildman–Crippen MR) is 129 cm³/mol. The number of fused-ring (bicyclic) bond motifs is 5. The van der Waals surface area contributed by atoms with Gasteiger partial charge < -0.3 is 20.1 Å². The van der Waals surface area contributed by atoms with E-state index < -0.39 is 15.9 Å². The molecule has 10 atom stereocenters. The van der Waals surface area contributed by atoms with Gasteiger partial charge in [-0.15, -0.1) is 0 Å². The Morgan fingerprint density at radius 3 is 2.37 bits per heavy atom. The third-order valence-corrected chi connectivity index (χ3v) is 11.6. The van der Waals surface area contributed by atoms with Gasteiger partial charge in [0.1, 0.15) is 0 Å². The Hall–Kier alpha value is 0.300. The molecular formula is C26H44NNaO6S. The third-order valence-electron chi connectivity index (χ3n) is 10.9. The summed E-state index contributed by atoms with van der Waals surface area (Å²) in [6.07, 6.45) is 8.75. The van der Waals surface area contributed by atoms with Crippen LogP contribution >= 0.6 is 0 Å². The fourth-order valence-corrected chi connectivity index (χ4v) is 9.57. The molecule has 0 spiro atoms. The maximum atomic E-state index is 12.2. The zero-order valence-corrected chi connectivity index (χ0v) is 24.9. The van der Waals surface area contributed by atoms with E-state index in [9.17, 15) is 28.0 Å². The van der Waals surface area contributed by atoms with E-state index in [1.54, 1.807) is 0 Å². The van der Waals surface area contributed by atoms with Crippen molar-refractivity contribution in [3.63, 3.8) is 0 Å². The fraction of sp³-hybridized carbons (Fsp3) is 0.962. The smallest absolute Gasteiger partial charge is 0.748 e. The van der Waals surface area contributed by atoms with Gasteiger partial charge in [-0.1, -0.05) is 20.8 Å². The predicted octanol–water partition coefficient (Wildman–Crippen LogP) is 0.0587. The third kappa shape index (κ3) is 5.99. The fourth-order valence-electron chi connectivity index (χ4n) is 9.22. The molecule has 4 aliphatic rings. The van der Waals surface area contributed by atoms with Crippen LogP contribution in [0.25, 0.3) is 0 Å². The van der Waals surface area contributed by atoms with Gasteiger partial charge in [0.05, 0.1) is 28.1 Å². The van der Waals surface area contributed by atoms with Crippen LogP contribution in [0.2, 0.25) is 0 Å². The number of aliphatic hydroxyl groups excluding tert-OH is 2. The summed E-state index contributed by atoms with van der Waals surface area (Å²) in [5.74, 6) is 2.17. The second-order valence-corrected chi connectivity index (χ2v) is 14.1. The number of hydrogen-bond acceptors (Lipinski definition) is 6. The standard InChI is InChI=1S/C26H45NO6S.Na/c1-16(4-7-24(30)27-12-13-34(31,32)33)19-5-6-20-18-15-23(29)22-14-17(28)8-10-26(22,3)21(18)9-11-25(19,20)2;/h16-23,28-29H,4-15H2,1-3H3,(H,27,30)(H,31,32,33);/q;+1/p-1/t16-,17-,18+,19-,20+,21+,22+,23+,25+,26-;/m1./s1. The van der Waals surface area contributed by atoms with E-state index in [4.69, 9.17) is 0 Å². The Balaban J connectivity index is 0.00000342. The largest absolute Gasteiger partial charge is 1.00 e. The average Bonchev–Trinajstić information content (AvgIpc) is 3.10. The zero-order valence-electron chi connectivity index (χ0n) is 22.0. The van der Waals surface area contributed by atoms with Crippen LogP contribution in [0.1, 0.15) is 85.0 Å². The number of carbonyl (C=O) groups excluding carboxylic acids is 1. The maximum absolute atomic E-state index is 12.2. The van der Waals surface area contributed by atoms with Crippen molar-refractivity contribution in [1.82, 2.24) is 5.32 Å². The molecule has 4 aliphatic carbocycles. The molecule has 0 bridgehead atoms. The quantitative estimate of drug-likeness (QED) is 0.321. The molecule has 0 aromatic rings. The Morgan fingerprint density at radius 2 is 1.69 bits per heavy atom. The molecule has 0 unspecified atom stereocenters. The minimum atomic E-state index is -4.31. The monoisotopic (exact) mass is 521 g/mol. The molecule has 35 heavy (non-hydrogen) atoms. The molecule has 3 N–H and O–H groups in total. The van der Waals surface area contributed by atoms with Crippen LogP contribution in [0.15, 0.2) is 0 Å². The molecule has 0 radical (unpaired) electrons. The molecule has 0 aliphatic heterocycles. The van der Waals surface area contributed by atoms with E-state index in [0.29, 0.717) is 36.0 Å². The topological polar surface area (TPSA) is 127 Å². The Morgan fingerprint density at radius 1 is 1.03 bits per heavy atom. The normalized spacial score (nSPS) is 43.8. The number of aliphatic hydroxyl groups is 2. The molecular weight excluding hydrogens is 477 g/mol. The van der Waals surface area contributed by atoms with Crippen LogP contribution in [0, 0.1) is 46.3 Å². The van der Waals surface area contributed by atoms with Gasteiger partial charge in [-0.3, -0.25) is 4.79 Å². The molecule has 4 fully saturated rings. The van der Waals surface area contributed by atoms with Crippen molar-refractivity contribution in [2.45, 2.75) is 97.2 Å². The van der Waals surface area contributed by atoms with Crippen molar-refractivity contribution in [2.75, 3.05) is 12.3 Å². The van der Waals surface area contributed by atoms with Crippen LogP contribution in [-0.4, -0.2) is 53.6 Å². The molecule has 196 valence electrons. The van der Waals surface area contributed by atoms with E-state index in [0.717, 1.165) is 38.5 Å². The second-order valence-electron chi connectivity index (χ2n) is 12.6. The van der Waals surface area contributed by atoms with Crippen LogP contribution in [0.5, 0.6) is 0 Å². The van der Waals surface area contributed by atoms with Crippen molar-refractivity contribution >= 4 is 16.0 Å². The van der Waals surface area contributed by atoms with Crippen molar-refractivity contribution in [3.05, 3.63) is 0 Å². The van der Waals surface area contributed by atoms with E-state index in [-0.39, 0.29) is 71.0 Å². The summed E-state index contributed by atoms with van der Waals surface area (Å²) >= 11 is 0. The Bertz CT molecular complexity index is 870. The molecule has 0 saturated heterocycles. The van der Waals surface area contributed by atoms with Gasteiger partial charge in [0.2, 0.25) is 5.91 Å². The Labute approximate surface area is 233 Å². The first-order valence-corrected chi connectivity index (χ1v) is 15.0. The van der Waals surface area contributed by atoms with Crippen LogP contribution in [-0.2, 0) is 14.9 Å². The average molecular weight is 522 g/mol. The maximum Gasteiger partial charge on any atom is 1.00 e. The number of rotatable bonds is 7. The van der Waals surface area contributed by atoms with E-state index in [1.165, 1.54) is 19.3 Å². The molecule has 4 rings (SSSR count). The molecule has 0 aromatic heterocycles. The van der Waals surface area contributed by atoms with Gasteiger partial charge >= 0.3 is 29.6 Å². The molecule has 0 heterocycles. The van der Waals surface area contributed by atoms with Gasteiger partial charge in [-0.25, -0.2) is 8.42 Å². The second kappa shape index (κ2) is 11.2. The summed E-state index contributed by atoms with van der Waals surface area (Å²) in [6, 6.07) is 0.